The Morgan fingerprint density at radius 2 is 1.91 bits per heavy atom. The molecule has 0 saturated heterocycles. The molecule has 0 fully saturated rings. The van der Waals surface area contributed by atoms with Crippen molar-refractivity contribution in [2.45, 2.75) is 26.0 Å². The van der Waals surface area contributed by atoms with E-state index in [4.69, 9.17) is 4.74 Å². The lowest BCUT2D eigenvalue weighted by Gasteiger charge is -2.26. The van der Waals surface area contributed by atoms with Crippen molar-refractivity contribution in [1.82, 2.24) is 9.88 Å². The van der Waals surface area contributed by atoms with Gasteiger partial charge in [-0.3, -0.25) is 9.88 Å². The zero-order valence-corrected chi connectivity index (χ0v) is 13.4. The van der Waals surface area contributed by atoms with E-state index in [1.165, 1.54) is 5.56 Å². The van der Waals surface area contributed by atoms with Crippen LogP contribution < -0.4 is 4.74 Å². The fraction of sp³-hybridized carbons (Fsp3) is 0.389. The number of benzene rings is 1. The maximum atomic E-state index is 10.1. The van der Waals surface area contributed by atoms with Gasteiger partial charge < -0.3 is 9.84 Å². The first-order chi connectivity index (χ1) is 10.6. The van der Waals surface area contributed by atoms with Crippen LogP contribution in [-0.4, -0.2) is 41.3 Å². The molecule has 0 aliphatic carbocycles. The van der Waals surface area contributed by atoms with E-state index in [0.717, 1.165) is 11.4 Å². The molecule has 4 nitrogen and oxygen atoms in total. The number of aliphatic hydroxyl groups excluding tert-OH is 1. The highest BCUT2D eigenvalue weighted by Gasteiger charge is 2.16. The summed E-state index contributed by atoms with van der Waals surface area (Å²) in [7, 11) is 1.98. The number of likely N-dealkylation sites (N-methyl/N-ethyl adjacent to an activating group) is 1. The SMILES string of the molecule is Cc1ccc(OCC(O)CN(C)C(C)c2ccccn2)cc1. The Labute approximate surface area is 132 Å². The number of ether oxygens (including phenoxy) is 1. The Kier molecular flexibility index (Phi) is 5.92. The zero-order valence-electron chi connectivity index (χ0n) is 13.4. The molecule has 1 N–H and O–H groups in total. The summed E-state index contributed by atoms with van der Waals surface area (Å²) in [4.78, 5) is 6.43. The van der Waals surface area contributed by atoms with Gasteiger partial charge in [-0.1, -0.05) is 23.8 Å². The summed E-state index contributed by atoms with van der Waals surface area (Å²) in [5, 5.41) is 10.1. The minimum Gasteiger partial charge on any atom is -0.491 e. The molecule has 118 valence electrons. The van der Waals surface area contributed by atoms with Gasteiger partial charge in [-0.15, -0.1) is 0 Å². The third-order valence-corrected chi connectivity index (χ3v) is 3.74. The van der Waals surface area contributed by atoms with Crippen molar-refractivity contribution in [2.75, 3.05) is 20.2 Å². The number of aromatic nitrogens is 1. The van der Waals surface area contributed by atoms with Crippen LogP contribution in [0.2, 0.25) is 0 Å². The number of nitrogens with zero attached hydrogens (tertiary/aromatic N) is 2. The van der Waals surface area contributed by atoms with Crippen LogP contribution in [0, 0.1) is 6.92 Å². The Bertz CT molecular complexity index is 557. The highest BCUT2D eigenvalue weighted by Crippen LogP contribution is 2.16. The van der Waals surface area contributed by atoms with Crippen molar-refractivity contribution in [2.24, 2.45) is 0 Å². The summed E-state index contributed by atoms with van der Waals surface area (Å²) < 4.78 is 5.62. The van der Waals surface area contributed by atoms with Crippen LogP contribution in [0.1, 0.15) is 24.2 Å². The smallest absolute Gasteiger partial charge is 0.119 e. The molecule has 2 atom stereocenters. The van der Waals surface area contributed by atoms with Crippen molar-refractivity contribution in [3.8, 4) is 5.75 Å². The van der Waals surface area contributed by atoms with Crippen LogP contribution in [-0.2, 0) is 0 Å². The normalized spacial score (nSPS) is 13.9. The van der Waals surface area contributed by atoms with Crippen LogP contribution >= 0.6 is 0 Å². The largest absolute Gasteiger partial charge is 0.491 e. The van der Waals surface area contributed by atoms with Gasteiger partial charge in [0, 0.05) is 18.8 Å². The monoisotopic (exact) mass is 300 g/mol. The van der Waals surface area contributed by atoms with E-state index in [-0.39, 0.29) is 12.6 Å². The van der Waals surface area contributed by atoms with Gasteiger partial charge in [0.15, 0.2) is 0 Å². The van der Waals surface area contributed by atoms with E-state index in [1.54, 1.807) is 6.20 Å². The van der Waals surface area contributed by atoms with Crippen LogP contribution in [0.3, 0.4) is 0 Å². The Morgan fingerprint density at radius 1 is 1.18 bits per heavy atom. The summed E-state index contributed by atoms with van der Waals surface area (Å²) in [5.41, 5.74) is 2.19. The first-order valence-electron chi connectivity index (χ1n) is 7.55. The standard InChI is InChI=1S/C18H24N2O2/c1-14-7-9-17(10-8-14)22-13-16(21)12-20(3)15(2)18-6-4-5-11-19-18/h4-11,15-16,21H,12-13H2,1-3H3. The van der Waals surface area contributed by atoms with Gasteiger partial charge >= 0.3 is 0 Å². The molecule has 0 bridgehead atoms. The van der Waals surface area contributed by atoms with Gasteiger partial charge in [-0.2, -0.15) is 0 Å². The number of hydrogen-bond donors (Lipinski definition) is 1. The van der Waals surface area contributed by atoms with Crippen molar-refractivity contribution in [3.05, 3.63) is 59.9 Å². The van der Waals surface area contributed by atoms with Crippen molar-refractivity contribution >= 4 is 0 Å². The second kappa shape index (κ2) is 7.92. The van der Waals surface area contributed by atoms with Crippen molar-refractivity contribution in [1.29, 1.82) is 0 Å². The van der Waals surface area contributed by atoms with Crippen molar-refractivity contribution < 1.29 is 9.84 Å². The first-order valence-corrected chi connectivity index (χ1v) is 7.55. The zero-order chi connectivity index (χ0) is 15.9. The minimum atomic E-state index is -0.544. The Morgan fingerprint density at radius 3 is 2.55 bits per heavy atom. The van der Waals surface area contributed by atoms with Gasteiger partial charge in [0.05, 0.1) is 5.69 Å². The van der Waals surface area contributed by atoms with Gasteiger partial charge in [0.25, 0.3) is 0 Å². The van der Waals surface area contributed by atoms with Gasteiger partial charge in [0.2, 0.25) is 0 Å². The number of pyridine rings is 1. The van der Waals surface area contributed by atoms with Crippen molar-refractivity contribution in [3.63, 3.8) is 0 Å². The van der Waals surface area contributed by atoms with Gasteiger partial charge in [-0.25, -0.2) is 0 Å². The molecule has 2 aromatic rings. The second-order valence-corrected chi connectivity index (χ2v) is 5.65. The van der Waals surface area contributed by atoms with E-state index < -0.39 is 6.10 Å². The molecule has 0 aliphatic rings. The highest BCUT2D eigenvalue weighted by atomic mass is 16.5. The molecular weight excluding hydrogens is 276 g/mol. The molecule has 0 radical (unpaired) electrons. The highest BCUT2D eigenvalue weighted by molar-refractivity contribution is 5.26. The van der Waals surface area contributed by atoms with Gasteiger partial charge in [0.1, 0.15) is 18.5 Å². The second-order valence-electron chi connectivity index (χ2n) is 5.65. The van der Waals surface area contributed by atoms with E-state index in [2.05, 4.69) is 16.8 Å². The molecule has 1 aromatic carbocycles. The third-order valence-electron chi connectivity index (χ3n) is 3.74. The summed E-state index contributed by atoms with van der Waals surface area (Å²) in [5.74, 6) is 0.782. The Hall–Kier alpha value is -1.91. The molecule has 1 heterocycles. The predicted molar refractivity (Wildman–Crippen MR) is 88.0 cm³/mol. The first kappa shape index (κ1) is 16.5. The minimum absolute atomic E-state index is 0.148. The molecule has 4 heteroatoms. The van der Waals surface area contributed by atoms with Crippen LogP contribution in [0.25, 0.3) is 0 Å². The molecule has 22 heavy (non-hydrogen) atoms. The topological polar surface area (TPSA) is 45.6 Å². The number of hydrogen-bond acceptors (Lipinski definition) is 4. The third kappa shape index (κ3) is 4.83. The molecule has 0 aliphatic heterocycles. The molecule has 2 unspecified atom stereocenters. The molecule has 2 rings (SSSR count). The molecular formula is C18H24N2O2. The lowest BCUT2D eigenvalue weighted by Crippen LogP contribution is -2.35. The molecule has 0 saturated carbocycles. The molecule has 0 amide bonds. The van der Waals surface area contributed by atoms with E-state index in [1.807, 2.05) is 56.4 Å². The molecule has 0 spiro atoms. The van der Waals surface area contributed by atoms with Crippen LogP contribution in [0.5, 0.6) is 5.75 Å². The number of aliphatic hydroxyl groups is 1. The summed E-state index contributed by atoms with van der Waals surface area (Å²) in [6, 6.07) is 13.9. The quantitative estimate of drug-likeness (QED) is 0.854. The average molecular weight is 300 g/mol. The summed E-state index contributed by atoms with van der Waals surface area (Å²) in [6.07, 6.45) is 1.24. The maximum absolute atomic E-state index is 10.1. The van der Waals surface area contributed by atoms with Gasteiger partial charge in [-0.05, 0) is 45.2 Å². The lowest BCUT2D eigenvalue weighted by molar-refractivity contribution is 0.0648. The Balaban J connectivity index is 1.81. The molecule has 1 aromatic heterocycles. The number of rotatable bonds is 7. The lowest BCUT2D eigenvalue weighted by atomic mass is 10.2. The fourth-order valence-corrected chi connectivity index (χ4v) is 2.22. The average Bonchev–Trinajstić information content (AvgIpc) is 2.54. The van der Waals surface area contributed by atoms with Crippen LogP contribution in [0.4, 0.5) is 0 Å². The summed E-state index contributed by atoms with van der Waals surface area (Å²) in [6.45, 7) is 4.93. The van der Waals surface area contributed by atoms with E-state index >= 15 is 0 Å². The van der Waals surface area contributed by atoms with E-state index in [0.29, 0.717) is 6.54 Å². The predicted octanol–water partition coefficient (Wildman–Crippen LogP) is 2.82. The van der Waals surface area contributed by atoms with E-state index in [9.17, 15) is 5.11 Å². The fourth-order valence-electron chi connectivity index (χ4n) is 2.22. The maximum Gasteiger partial charge on any atom is 0.119 e. The van der Waals surface area contributed by atoms with Crippen LogP contribution in [0.15, 0.2) is 48.7 Å². The number of aryl methyl sites for hydroxylation is 1. The summed E-state index contributed by atoms with van der Waals surface area (Å²) >= 11 is 0.